The van der Waals surface area contributed by atoms with Gasteiger partial charge < -0.3 is 0 Å². The van der Waals surface area contributed by atoms with Crippen molar-refractivity contribution in [1.29, 1.82) is 0 Å². The minimum Gasteiger partial charge on any atom is -0.273 e. The van der Waals surface area contributed by atoms with Gasteiger partial charge in [0.25, 0.3) is 10.0 Å². The summed E-state index contributed by atoms with van der Waals surface area (Å²) >= 11 is 5.87. The van der Waals surface area contributed by atoms with Gasteiger partial charge in [0.05, 0.1) is 10.6 Å². The van der Waals surface area contributed by atoms with E-state index in [1.807, 2.05) is 26.0 Å². The lowest BCUT2D eigenvalue weighted by Crippen LogP contribution is -2.37. The summed E-state index contributed by atoms with van der Waals surface area (Å²) in [6.07, 6.45) is 3.23. The molecule has 2 aromatic rings. The zero-order valence-electron chi connectivity index (χ0n) is 16.0. The van der Waals surface area contributed by atoms with E-state index >= 15 is 0 Å². The molecule has 0 atom stereocenters. The largest absolute Gasteiger partial charge is 0.273 e. The molecule has 0 saturated heterocycles. The Labute approximate surface area is 167 Å². The second-order valence-electron chi connectivity index (χ2n) is 6.99. The Balaban J connectivity index is 2.45. The minimum atomic E-state index is -4.02. The quantitative estimate of drug-likeness (QED) is 0.584. The molecule has 0 bridgehead atoms. The van der Waals surface area contributed by atoms with Crippen LogP contribution in [-0.2, 0) is 21.2 Å². The Morgan fingerprint density at radius 2 is 1.63 bits per heavy atom. The summed E-state index contributed by atoms with van der Waals surface area (Å²) in [6, 6.07) is 13.0. The fourth-order valence-corrected chi connectivity index (χ4v) is 4.30. The fourth-order valence-electron chi connectivity index (χ4n) is 2.74. The summed E-state index contributed by atoms with van der Waals surface area (Å²) < 4.78 is 27.3. The highest BCUT2D eigenvalue weighted by atomic mass is 35.5. The van der Waals surface area contributed by atoms with Crippen LogP contribution < -0.4 is 4.31 Å². The number of benzene rings is 2. The number of anilines is 1. The standard InChI is InChI=1S/C21H26ClNO3S/c1-4-5-6-17-7-11-19(12-8-17)23(21(24)15-16(2)3)27(25,26)20-13-9-18(22)10-14-20/h7-14,16H,4-6,15H2,1-3H3. The number of nitrogens with zero attached hydrogens (tertiary/aromatic N) is 1. The highest BCUT2D eigenvalue weighted by Gasteiger charge is 2.31. The molecule has 0 aliphatic rings. The van der Waals surface area contributed by atoms with Gasteiger partial charge in [-0.2, -0.15) is 0 Å². The van der Waals surface area contributed by atoms with Crippen molar-refractivity contribution in [2.45, 2.75) is 51.3 Å². The van der Waals surface area contributed by atoms with Gasteiger partial charge in [-0.1, -0.05) is 50.9 Å². The highest BCUT2D eigenvalue weighted by Crippen LogP contribution is 2.27. The normalized spacial score (nSPS) is 11.6. The zero-order valence-corrected chi connectivity index (χ0v) is 17.6. The lowest BCUT2D eigenvalue weighted by Gasteiger charge is -2.24. The SMILES string of the molecule is CCCCc1ccc(N(C(=O)CC(C)C)S(=O)(=O)c2ccc(Cl)cc2)cc1. The molecule has 0 aliphatic heterocycles. The molecule has 2 rings (SSSR count). The van der Waals surface area contributed by atoms with E-state index in [9.17, 15) is 13.2 Å². The van der Waals surface area contributed by atoms with Crippen LogP contribution in [0.1, 0.15) is 45.6 Å². The molecule has 0 fully saturated rings. The molecule has 0 saturated carbocycles. The summed E-state index contributed by atoms with van der Waals surface area (Å²) in [5, 5.41) is 0.439. The molecule has 6 heteroatoms. The van der Waals surface area contributed by atoms with Crippen LogP contribution in [0.4, 0.5) is 5.69 Å². The molecular formula is C21H26ClNO3S. The number of amides is 1. The van der Waals surface area contributed by atoms with Crippen LogP contribution in [0.2, 0.25) is 5.02 Å². The monoisotopic (exact) mass is 407 g/mol. The number of carbonyl (C=O) groups is 1. The first-order chi connectivity index (χ1) is 12.8. The van der Waals surface area contributed by atoms with Crippen molar-refractivity contribution in [2.75, 3.05) is 4.31 Å². The minimum absolute atomic E-state index is 0.0408. The maximum absolute atomic E-state index is 13.2. The Morgan fingerprint density at radius 3 is 2.15 bits per heavy atom. The van der Waals surface area contributed by atoms with E-state index in [0.717, 1.165) is 29.1 Å². The first kappa shape index (κ1) is 21.5. The maximum atomic E-state index is 13.2. The third-order valence-corrected chi connectivity index (χ3v) is 6.17. The summed E-state index contributed by atoms with van der Waals surface area (Å²) in [5.41, 5.74) is 1.48. The number of sulfonamides is 1. The molecule has 0 unspecified atom stereocenters. The van der Waals surface area contributed by atoms with Gasteiger partial charge in [-0.05, 0) is 60.7 Å². The van der Waals surface area contributed by atoms with Crippen LogP contribution in [0.5, 0.6) is 0 Å². The number of aryl methyl sites for hydroxylation is 1. The van der Waals surface area contributed by atoms with Gasteiger partial charge in [0.1, 0.15) is 0 Å². The van der Waals surface area contributed by atoms with Crippen molar-refractivity contribution in [3.8, 4) is 0 Å². The molecule has 1 amide bonds. The molecular weight excluding hydrogens is 382 g/mol. The lowest BCUT2D eigenvalue weighted by atomic mass is 10.1. The number of unbranched alkanes of at least 4 members (excludes halogenated alkanes) is 1. The van der Waals surface area contributed by atoms with Crippen LogP contribution in [0.3, 0.4) is 0 Å². The van der Waals surface area contributed by atoms with E-state index in [1.54, 1.807) is 12.1 Å². The average molecular weight is 408 g/mol. The van der Waals surface area contributed by atoms with Crippen LogP contribution in [0.25, 0.3) is 0 Å². The predicted molar refractivity (Wildman–Crippen MR) is 111 cm³/mol. The Kier molecular flexibility index (Phi) is 7.45. The highest BCUT2D eigenvalue weighted by molar-refractivity contribution is 7.93. The van der Waals surface area contributed by atoms with Crippen molar-refractivity contribution >= 4 is 33.2 Å². The second-order valence-corrected chi connectivity index (χ2v) is 9.21. The van der Waals surface area contributed by atoms with Crippen LogP contribution in [0.15, 0.2) is 53.4 Å². The molecule has 4 nitrogen and oxygen atoms in total. The topological polar surface area (TPSA) is 54.5 Å². The first-order valence-corrected chi connectivity index (χ1v) is 11.0. The Morgan fingerprint density at radius 1 is 1.04 bits per heavy atom. The first-order valence-electron chi connectivity index (χ1n) is 9.18. The van der Waals surface area contributed by atoms with Gasteiger partial charge in [-0.3, -0.25) is 4.79 Å². The van der Waals surface area contributed by atoms with Crippen molar-refractivity contribution in [3.63, 3.8) is 0 Å². The molecule has 0 heterocycles. The van der Waals surface area contributed by atoms with Gasteiger partial charge in [0.2, 0.25) is 5.91 Å². The van der Waals surface area contributed by atoms with E-state index in [-0.39, 0.29) is 17.2 Å². The Bertz CT molecular complexity index is 859. The van der Waals surface area contributed by atoms with Crippen LogP contribution in [-0.4, -0.2) is 14.3 Å². The number of rotatable bonds is 8. The van der Waals surface area contributed by atoms with E-state index in [2.05, 4.69) is 6.92 Å². The van der Waals surface area contributed by atoms with Crippen molar-refractivity contribution in [1.82, 2.24) is 0 Å². The number of carbonyl (C=O) groups excluding carboxylic acids is 1. The predicted octanol–water partition coefficient (Wildman–Crippen LogP) is 5.45. The molecule has 0 aromatic heterocycles. The molecule has 0 radical (unpaired) electrons. The second kappa shape index (κ2) is 9.38. The smallest absolute Gasteiger partial charge is 0.270 e. The van der Waals surface area contributed by atoms with Crippen LogP contribution in [0, 0.1) is 5.92 Å². The summed E-state index contributed by atoms with van der Waals surface area (Å²) in [6.45, 7) is 5.90. The van der Waals surface area contributed by atoms with Gasteiger partial charge in [0, 0.05) is 11.4 Å². The van der Waals surface area contributed by atoms with Crippen molar-refractivity contribution < 1.29 is 13.2 Å². The average Bonchev–Trinajstić information content (AvgIpc) is 2.60. The molecule has 0 aliphatic carbocycles. The molecule has 146 valence electrons. The van der Waals surface area contributed by atoms with Gasteiger partial charge in [-0.25, -0.2) is 12.7 Å². The van der Waals surface area contributed by atoms with Gasteiger partial charge in [-0.15, -0.1) is 0 Å². The number of hydrogen-bond donors (Lipinski definition) is 0. The zero-order chi connectivity index (χ0) is 20.0. The third kappa shape index (κ3) is 5.56. The Hall–Kier alpha value is -1.85. The molecule has 27 heavy (non-hydrogen) atoms. The molecule has 2 aromatic carbocycles. The number of hydrogen-bond acceptors (Lipinski definition) is 3. The summed E-state index contributed by atoms with van der Waals surface area (Å²) in [4.78, 5) is 12.9. The van der Waals surface area contributed by atoms with E-state index in [1.165, 1.54) is 24.3 Å². The van der Waals surface area contributed by atoms with Crippen molar-refractivity contribution in [2.24, 2.45) is 5.92 Å². The lowest BCUT2D eigenvalue weighted by molar-refractivity contribution is -0.118. The molecule has 0 N–H and O–H groups in total. The van der Waals surface area contributed by atoms with Gasteiger partial charge in [0.15, 0.2) is 0 Å². The number of halogens is 1. The fraction of sp³-hybridized carbons (Fsp3) is 0.381. The van der Waals surface area contributed by atoms with E-state index in [0.29, 0.717) is 10.7 Å². The van der Waals surface area contributed by atoms with E-state index < -0.39 is 15.9 Å². The van der Waals surface area contributed by atoms with Gasteiger partial charge >= 0.3 is 0 Å². The maximum Gasteiger partial charge on any atom is 0.270 e. The third-order valence-electron chi connectivity index (χ3n) is 4.15. The molecule has 0 spiro atoms. The summed E-state index contributed by atoms with van der Waals surface area (Å²) in [5.74, 6) is -0.398. The van der Waals surface area contributed by atoms with E-state index in [4.69, 9.17) is 11.6 Å². The summed E-state index contributed by atoms with van der Waals surface area (Å²) in [7, 11) is -4.02. The van der Waals surface area contributed by atoms with Crippen LogP contribution >= 0.6 is 11.6 Å². The van der Waals surface area contributed by atoms with Crippen molar-refractivity contribution in [3.05, 3.63) is 59.1 Å².